The number of halogens is 1. The number of imidazole rings is 1. The van der Waals surface area contributed by atoms with Gasteiger partial charge in [-0.2, -0.15) is 0 Å². The normalized spacial score (nSPS) is 19.0. The molecule has 0 saturated heterocycles. The molecule has 1 N–H and O–H groups in total. The topological polar surface area (TPSA) is 41.1 Å². The van der Waals surface area contributed by atoms with E-state index < -0.39 is 0 Å². The van der Waals surface area contributed by atoms with Crippen molar-refractivity contribution in [1.82, 2.24) is 14.9 Å². The van der Waals surface area contributed by atoms with Crippen LogP contribution < -0.4 is 4.74 Å². The molecule has 1 aliphatic carbocycles. The summed E-state index contributed by atoms with van der Waals surface area (Å²) in [5.41, 5.74) is 6.16. The third-order valence-corrected chi connectivity index (χ3v) is 6.18. The van der Waals surface area contributed by atoms with Crippen molar-refractivity contribution in [3.63, 3.8) is 0 Å². The molecule has 2 heterocycles. The summed E-state index contributed by atoms with van der Waals surface area (Å²) < 4.78 is 5.57. The Morgan fingerprint density at radius 3 is 2.89 bits per heavy atom. The van der Waals surface area contributed by atoms with Crippen LogP contribution in [0.2, 0.25) is 5.02 Å². The molecule has 0 radical (unpaired) electrons. The van der Waals surface area contributed by atoms with Gasteiger partial charge in [-0.3, -0.25) is 4.90 Å². The zero-order valence-electron chi connectivity index (χ0n) is 15.3. The van der Waals surface area contributed by atoms with Crippen molar-refractivity contribution in [1.29, 1.82) is 0 Å². The molecule has 0 amide bonds. The molecule has 5 heteroatoms. The fourth-order valence-corrected chi connectivity index (χ4v) is 4.68. The summed E-state index contributed by atoms with van der Waals surface area (Å²) in [4.78, 5) is 10.9. The minimum atomic E-state index is 0.525. The van der Waals surface area contributed by atoms with Gasteiger partial charge >= 0.3 is 0 Å². The Hall–Kier alpha value is -2.30. The highest BCUT2D eigenvalue weighted by atomic mass is 35.5. The maximum atomic E-state index is 6.35. The van der Waals surface area contributed by atoms with Crippen LogP contribution in [-0.2, 0) is 25.8 Å². The van der Waals surface area contributed by atoms with Gasteiger partial charge in [0.25, 0.3) is 0 Å². The van der Waals surface area contributed by atoms with Gasteiger partial charge in [-0.05, 0) is 42.2 Å². The minimum Gasteiger partial charge on any atom is -0.496 e. The minimum absolute atomic E-state index is 0.525. The van der Waals surface area contributed by atoms with E-state index in [1.807, 2.05) is 24.3 Å². The number of hydrogen-bond donors (Lipinski definition) is 1. The lowest BCUT2D eigenvalue weighted by Crippen LogP contribution is -2.39. The van der Waals surface area contributed by atoms with E-state index in [0.29, 0.717) is 6.04 Å². The summed E-state index contributed by atoms with van der Waals surface area (Å²) >= 11 is 6.35. The molecule has 138 valence electrons. The van der Waals surface area contributed by atoms with Gasteiger partial charge in [-0.25, -0.2) is 4.98 Å². The van der Waals surface area contributed by atoms with Crippen LogP contribution in [0, 0.1) is 0 Å². The van der Waals surface area contributed by atoms with Gasteiger partial charge in [0, 0.05) is 31.1 Å². The van der Waals surface area contributed by atoms with E-state index in [0.717, 1.165) is 54.5 Å². The van der Waals surface area contributed by atoms with Crippen molar-refractivity contribution in [2.45, 2.75) is 31.8 Å². The maximum absolute atomic E-state index is 6.35. The Labute approximate surface area is 164 Å². The number of H-pyrrole nitrogens is 1. The first-order valence-electron chi connectivity index (χ1n) is 9.44. The van der Waals surface area contributed by atoms with Crippen molar-refractivity contribution in [3.8, 4) is 17.1 Å². The fraction of sp³-hybridized carbons (Fsp3) is 0.318. The predicted octanol–water partition coefficient (Wildman–Crippen LogP) is 4.26. The Morgan fingerprint density at radius 2 is 2.04 bits per heavy atom. The van der Waals surface area contributed by atoms with Crippen LogP contribution in [0.3, 0.4) is 0 Å². The first-order chi connectivity index (χ1) is 13.2. The quantitative estimate of drug-likeness (QED) is 0.739. The van der Waals surface area contributed by atoms with Crippen LogP contribution >= 0.6 is 11.6 Å². The zero-order valence-corrected chi connectivity index (χ0v) is 16.1. The molecule has 1 aromatic heterocycles. The molecule has 0 bridgehead atoms. The highest BCUT2D eigenvalue weighted by molar-refractivity contribution is 6.33. The van der Waals surface area contributed by atoms with Crippen LogP contribution in [0.25, 0.3) is 11.4 Å². The van der Waals surface area contributed by atoms with E-state index in [-0.39, 0.29) is 0 Å². The summed E-state index contributed by atoms with van der Waals surface area (Å²) in [5, 5.41) is 0.735. The van der Waals surface area contributed by atoms with Gasteiger partial charge in [0.05, 0.1) is 23.5 Å². The van der Waals surface area contributed by atoms with E-state index in [4.69, 9.17) is 21.3 Å². The van der Waals surface area contributed by atoms with E-state index in [1.54, 1.807) is 7.11 Å². The second-order valence-electron chi connectivity index (χ2n) is 7.37. The van der Waals surface area contributed by atoms with Gasteiger partial charge in [0.1, 0.15) is 11.6 Å². The molecule has 0 fully saturated rings. The third kappa shape index (κ3) is 2.93. The molecule has 2 aromatic carbocycles. The number of hydrogen-bond acceptors (Lipinski definition) is 3. The van der Waals surface area contributed by atoms with Gasteiger partial charge in [0.2, 0.25) is 0 Å². The predicted molar refractivity (Wildman–Crippen MR) is 107 cm³/mol. The summed E-state index contributed by atoms with van der Waals surface area (Å²) in [6.45, 7) is 1.95. The number of fused-ring (bicyclic) bond motifs is 2. The largest absolute Gasteiger partial charge is 0.496 e. The van der Waals surface area contributed by atoms with Crippen LogP contribution in [0.5, 0.6) is 5.75 Å². The number of benzene rings is 2. The van der Waals surface area contributed by atoms with Crippen molar-refractivity contribution < 1.29 is 4.74 Å². The van der Waals surface area contributed by atoms with Crippen molar-refractivity contribution in [2.24, 2.45) is 0 Å². The summed E-state index contributed by atoms with van der Waals surface area (Å²) in [6.07, 6.45) is 3.12. The summed E-state index contributed by atoms with van der Waals surface area (Å²) in [6, 6.07) is 14.8. The number of aromatic amines is 1. The molecular formula is C22H22ClN3O. The summed E-state index contributed by atoms with van der Waals surface area (Å²) in [7, 11) is 1.76. The van der Waals surface area contributed by atoms with Gasteiger partial charge in [-0.15, -0.1) is 0 Å². The van der Waals surface area contributed by atoms with Crippen LogP contribution in [0.15, 0.2) is 42.5 Å². The second kappa shape index (κ2) is 6.70. The lowest BCUT2D eigenvalue weighted by molar-refractivity contribution is 0.180. The van der Waals surface area contributed by atoms with Crippen LogP contribution in [-0.4, -0.2) is 34.6 Å². The Morgan fingerprint density at radius 1 is 1.15 bits per heavy atom. The number of ether oxygens (including phenoxy) is 1. The fourth-order valence-electron chi connectivity index (χ4n) is 4.45. The molecule has 1 unspecified atom stereocenters. The van der Waals surface area contributed by atoms with Crippen molar-refractivity contribution in [2.75, 3.05) is 13.7 Å². The number of rotatable bonds is 3. The van der Waals surface area contributed by atoms with Crippen molar-refractivity contribution in [3.05, 3.63) is 70.0 Å². The molecule has 0 saturated carbocycles. The zero-order chi connectivity index (χ0) is 18.4. The molecule has 2 aliphatic rings. The second-order valence-corrected chi connectivity index (χ2v) is 7.78. The van der Waals surface area contributed by atoms with Crippen LogP contribution in [0.1, 0.15) is 22.5 Å². The average molecular weight is 380 g/mol. The first-order valence-corrected chi connectivity index (χ1v) is 9.82. The van der Waals surface area contributed by atoms with Gasteiger partial charge in [-0.1, -0.05) is 35.9 Å². The number of nitrogens with one attached hydrogen (secondary N) is 1. The molecule has 0 spiro atoms. The molecular weight excluding hydrogens is 358 g/mol. The van der Waals surface area contributed by atoms with Gasteiger partial charge in [0.15, 0.2) is 0 Å². The Kier molecular flexibility index (Phi) is 4.18. The Balaban J connectivity index is 1.37. The Bertz CT molecular complexity index is 997. The first kappa shape index (κ1) is 16.8. The molecule has 4 nitrogen and oxygen atoms in total. The number of methoxy groups -OCH3 is 1. The molecule has 5 rings (SSSR count). The van der Waals surface area contributed by atoms with Gasteiger partial charge < -0.3 is 9.72 Å². The molecule has 1 aliphatic heterocycles. The van der Waals surface area contributed by atoms with E-state index in [1.165, 1.54) is 22.5 Å². The molecule has 1 atom stereocenters. The average Bonchev–Trinajstić information content (AvgIpc) is 3.31. The standard InChI is InChI=1S/C22H22ClN3O/c1-27-21-8-4-5-14-11-15(12-17(14)21)26-10-9-19-20(13-26)25-22(24-19)16-6-2-3-7-18(16)23/h2-8,15H,9-13H2,1H3,(H,24,25). The van der Waals surface area contributed by atoms with Crippen LogP contribution in [0.4, 0.5) is 0 Å². The summed E-state index contributed by atoms with van der Waals surface area (Å²) in [5.74, 6) is 1.90. The number of nitrogens with zero attached hydrogens (tertiary/aromatic N) is 2. The van der Waals surface area contributed by atoms with E-state index in [2.05, 4.69) is 28.1 Å². The smallest absolute Gasteiger partial charge is 0.139 e. The monoisotopic (exact) mass is 379 g/mol. The SMILES string of the molecule is COc1cccc2c1CC(N1CCc3nc(-c4ccccc4Cl)[nH]c3C1)C2. The molecule has 27 heavy (non-hydrogen) atoms. The highest BCUT2D eigenvalue weighted by Gasteiger charge is 2.32. The van der Waals surface area contributed by atoms with E-state index in [9.17, 15) is 0 Å². The lowest BCUT2D eigenvalue weighted by Gasteiger charge is -2.31. The number of aromatic nitrogens is 2. The highest BCUT2D eigenvalue weighted by Crippen LogP contribution is 2.35. The maximum Gasteiger partial charge on any atom is 0.139 e. The van der Waals surface area contributed by atoms with E-state index >= 15 is 0 Å². The molecule has 3 aromatic rings. The lowest BCUT2D eigenvalue weighted by atomic mass is 10.1. The van der Waals surface area contributed by atoms with Crippen molar-refractivity contribution >= 4 is 11.6 Å². The third-order valence-electron chi connectivity index (χ3n) is 5.85.